The molecule has 1 aromatic rings. The lowest BCUT2D eigenvalue weighted by Crippen LogP contribution is -2.52. The second kappa shape index (κ2) is 8.74. The lowest BCUT2D eigenvalue weighted by atomic mass is 9.78. The Labute approximate surface area is 160 Å². The van der Waals surface area contributed by atoms with Gasteiger partial charge in [-0.25, -0.2) is 4.79 Å². The number of carboxylic acids is 1. The highest BCUT2D eigenvalue weighted by Gasteiger charge is 2.34. The molecule has 6 heteroatoms. The van der Waals surface area contributed by atoms with Crippen LogP contribution >= 0.6 is 0 Å². The monoisotopic (exact) mass is 374 g/mol. The molecule has 0 saturated heterocycles. The van der Waals surface area contributed by atoms with Crippen LogP contribution in [0.4, 0.5) is 0 Å². The molecule has 1 aromatic carbocycles. The van der Waals surface area contributed by atoms with Crippen LogP contribution in [0.3, 0.4) is 0 Å². The molecule has 0 aliphatic heterocycles. The van der Waals surface area contributed by atoms with Crippen molar-refractivity contribution in [2.75, 3.05) is 13.7 Å². The first-order valence-corrected chi connectivity index (χ1v) is 9.94. The third-order valence-corrected chi connectivity index (χ3v) is 6.22. The van der Waals surface area contributed by atoms with Crippen molar-refractivity contribution >= 4 is 11.9 Å². The van der Waals surface area contributed by atoms with Crippen LogP contribution in [0.25, 0.3) is 0 Å². The largest absolute Gasteiger partial charge is 0.493 e. The topological polar surface area (TPSA) is 92.9 Å². The minimum absolute atomic E-state index is 0.0879. The number of amides is 1. The van der Waals surface area contributed by atoms with Gasteiger partial charge in [0.25, 0.3) is 0 Å². The van der Waals surface area contributed by atoms with Gasteiger partial charge in [-0.05, 0) is 75.0 Å². The fourth-order valence-electron chi connectivity index (χ4n) is 4.04. The average Bonchev–Trinajstić information content (AvgIpc) is 2.64. The summed E-state index contributed by atoms with van der Waals surface area (Å²) in [6, 6.07) is 6.57. The van der Waals surface area contributed by atoms with Crippen molar-refractivity contribution < 1.29 is 19.4 Å². The molecular formula is C21H30N2O4. The standard InChI is InChI=1S/C21H30N2O4/c1-23(17-5-3-6-17)20(24)19(22)15-10-8-14(9-11-15)13-27-18-7-2-4-16(12-18)21(25)26/h2,4,7,12,14-15,17,19H,3,5-6,8-11,13,22H2,1H3,(H,25,26)/t14?,15?,19-/m0/s1. The van der Waals surface area contributed by atoms with E-state index in [0.29, 0.717) is 24.3 Å². The molecule has 2 saturated carbocycles. The smallest absolute Gasteiger partial charge is 0.335 e. The van der Waals surface area contributed by atoms with Crippen LogP contribution in [0.15, 0.2) is 24.3 Å². The van der Waals surface area contributed by atoms with E-state index in [9.17, 15) is 9.59 Å². The molecule has 6 nitrogen and oxygen atoms in total. The number of ether oxygens (including phenoxy) is 1. The average molecular weight is 374 g/mol. The molecule has 148 valence electrons. The van der Waals surface area contributed by atoms with Gasteiger partial charge in [-0.15, -0.1) is 0 Å². The number of likely N-dealkylation sites (N-methyl/N-ethyl adjacent to an activating group) is 1. The van der Waals surface area contributed by atoms with Crippen LogP contribution < -0.4 is 10.5 Å². The number of nitrogens with zero attached hydrogens (tertiary/aromatic N) is 1. The predicted octanol–water partition coefficient (Wildman–Crippen LogP) is 2.91. The number of benzene rings is 1. The lowest BCUT2D eigenvalue weighted by molar-refractivity contribution is -0.136. The molecule has 0 radical (unpaired) electrons. The number of hydrogen-bond acceptors (Lipinski definition) is 4. The van der Waals surface area contributed by atoms with Gasteiger partial charge in [0.1, 0.15) is 5.75 Å². The van der Waals surface area contributed by atoms with Gasteiger partial charge in [-0.2, -0.15) is 0 Å². The Morgan fingerprint density at radius 1 is 1.22 bits per heavy atom. The van der Waals surface area contributed by atoms with Crippen LogP contribution in [0.5, 0.6) is 5.75 Å². The molecule has 1 amide bonds. The maximum absolute atomic E-state index is 12.6. The Hall–Kier alpha value is -2.08. The van der Waals surface area contributed by atoms with E-state index in [1.165, 1.54) is 6.42 Å². The lowest BCUT2D eigenvalue weighted by Gasteiger charge is -2.38. The van der Waals surface area contributed by atoms with E-state index in [0.717, 1.165) is 38.5 Å². The third-order valence-electron chi connectivity index (χ3n) is 6.22. The third kappa shape index (κ3) is 4.80. The second-order valence-electron chi connectivity index (χ2n) is 7.98. The quantitative estimate of drug-likeness (QED) is 0.765. The molecule has 0 heterocycles. The SMILES string of the molecule is CN(C(=O)[C@@H](N)C1CCC(COc2cccc(C(=O)O)c2)CC1)C1CCC1. The number of nitrogens with two attached hydrogens (primary N) is 1. The van der Waals surface area contributed by atoms with Gasteiger partial charge >= 0.3 is 5.97 Å². The van der Waals surface area contributed by atoms with Crippen LogP contribution in [0, 0.1) is 11.8 Å². The molecule has 2 aliphatic rings. The molecule has 3 N–H and O–H groups in total. The van der Waals surface area contributed by atoms with Crippen molar-refractivity contribution in [1.29, 1.82) is 0 Å². The summed E-state index contributed by atoms with van der Waals surface area (Å²) >= 11 is 0. The van der Waals surface area contributed by atoms with Gasteiger partial charge in [0.15, 0.2) is 0 Å². The first-order valence-electron chi connectivity index (χ1n) is 9.94. The summed E-state index contributed by atoms with van der Waals surface area (Å²) in [6.07, 6.45) is 7.25. The normalized spacial score (nSPS) is 23.9. The van der Waals surface area contributed by atoms with Crippen LogP contribution in [0.2, 0.25) is 0 Å². The van der Waals surface area contributed by atoms with Gasteiger partial charge in [-0.3, -0.25) is 4.79 Å². The molecule has 1 atom stereocenters. The molecule has 2 aliphatic carbocycles. The maximum Gasteiger partial charge on any atom is 0.335 e. The summed E-state index contributed by atoms with van der Waals surface area (Å²) in [5, 5.41) is 9.05. The Bertz CT molecular complexity index is 666. The summed E-state index contributed by atoms with van der Waals surface area (Å²) < 4.78 is 5.80. The number of rotatable bonds is 7. The van der Waals surface area contributed by atoms with E-state index in [-0.39, 0.29) is 17.4 Å². The number of aromatic carboxylic acids is 1. The molecule has 2 fully saturated rings. The van der Waals surface area contributed by atoms with Crippen LogP contribution in [-0.4, -0.2) is 47.6 Å². The van der Waals surface area contributed by atoms with Gasteiger partial charge in [0.05, 0.1) is 18.2 Å². The Morgan fingerprint density at radius 3 is 2.52 bits per heavy atom. The van der Waals surface area contributed by atoms with E-state index >= 15 is 0 Å². The van der Waals surface area contributed by atoms with E-state index in [2.05, 4.69) is 0 Å². The summed E-state index contributed by atoms with van der Waals surface area (Å²) in [6.45, 7) is 0.570. The first kappa shape index (κ1) is 19.7. The number of carboxylic acid groups (broad SMARTS) is 1. The Balaban J connectivity index is 1.44. The van der Waals surface area contributed by atoms with Crippen molar-refractivity contribution in [3.05, 3.63) is 29.8 Å². The Kier molecular flexibility index (Phi) is 6.37. The zero-order valence-corrected chi connectivity index (χ0v) is 16.0. The molecular weight excluding hydrogens is 344 g/mol. The highest BCUT2D eigenvalue weighted by molar-refractivity contribution is 5.88. The van der Waals surface area contributed by atoms with Crippen LogP contribution in [0.1, 0.15) is 55.3 Å². The molecule has 0 bridgehead atoms. The Morgan fingerprint density at radius 2 is 1.93 bits per heavy atom. The fourth-order valence-corrected chi connectivity index (χ4v) is 4.04. The zero-order valence-electron chi connectivity index (χ0n) is 16.0. The first-order chi connectivity index (χ1) is 13.0. The minimum atomic E-state index is -0.952. The number of carbonyl (C=O) groups is 2. The summed E-state index contributed by atoms with van der Waals surface area (Å²) in [5.41, 5.74) is 6.52. The number of hydrogen-bond donors (Lipinski definition) is 2. The van der Waals surface area contributed by atoms with Crippen molar-refractivity contribution in [3.63, 3.8) is 0 Å². The highest BCUT2D eigenvalue weighted by atomic mass is 16.5. The summed E-state index contributed by atoms with van der Waals surface area (Å²) in [4.78, 5) is 25.5. The fraction of sp³-hybridized carbons (Fsp3) is 0.619. The van der Waals surface area contributed by atoms with E-state index < -0.39 is 12.0 Å². The van der Waals surface area contributed by atoms with Gasteiger partial charge in [0, 0.05) is 13.1 Å². The molecule has 0 unspecified atom stereocenters. The van der Waals surface area contributed by atoms with Crippen LogP contribution in [-0.2, 0) is 4.79 Å². The second-order valence-corrected chi connectivity index (χ2v) is 7.98. The van der Waals surface area contributed by atoms with E-state index in [1.807, 2.05) is 11.9 Å². The highest BCUT2D eigenvalue weighted by Crippen LogP contribution is 2.32. The molecule has 0 spiro atoms. The summed E-state index contributed by atoms with van der Waals surface area (Å²) in [7, 11) is 1.89. The predicted molar refractivity (Wildman–Crippen MR) is 103 cm³/mol. The van der Waals surface area contributed by atoms with Crippen molar-refractivity contribution in [2.24, 2.45) is 17.6 Å². The van der Waals surface area contributed by atoms with Crippen molar-refractivity contribution in [2.45, 2.75) is 57.0 Å². The van der Waals surface area contributed by atoms with Gasteiger partial charge < -0.3 is 20.5 Å². The number of carbonyl (C=O) groups excluding carboxylic acids is 1. The molecule has 0 aromatic heterocycles. The van der Waals surface area contributed by atoms with E-state index in [1.54, 1.807) is 24.3 Å². The molecule has 27 heavy (non-hydrogen) atoms. The van der Waals surface area contributed by atoms with Gasteiger partial charge in [-0.1, -0.05) is 6.07 Å². The minimum Gasteiger partial charge on any atom is -0.493 e. The van der Waals surface area contributed by atoms with Gasteiger partial charge in [0.2, 0.25) is 5.91 Å². The van der Waals surface area contributed by atoms with Crippen molar-refractivity contribution in [3.8, 4) is 5.75 Å². The molecule has 3 rings (SSSR count). The summed E-state index contributed by atoms with van der Waals surface area (Å²) in [5.74, 6) is 0.385. The van der Waals surface area contributed by atoms with Crippen molar-refractivity contribution in [1.82, 2.24) is 4.90 Å². The maximum atomic E-state index is 12.6. The zero-order chi connectivity index (χ0) is 19.4. The van der Waals surface area contributed by atoms with E-state index in [4.69, 9.17) is 15.6 Å².